The Bertz CT molecular complexity index is 1560. The van der Waals surface area contributed by atoms with Crippen LogP contribution >= 0.6 is 0 Å². The van der Waals surface area contributed by atoms with Gasteiger partial charge in [0.05, 0.1) is 19.1 Å². The number of ether oxygens (including phenoxy) is 1. The Morgan fingerprint density at radius 1 is 0.977 bits per heavy atom. The molecule has 5 rings (SSSR count). The van der Waals surface area contributed by atoms with Crippen LogP contribution in [0.3, 0.4) is 0 Å². The van der Waals surface area contributed by atoms with Gasteiger partial charge in [0.15, 0.2) is 0 Å². The third kappa shape index (κ3) is 6.72. The molecular formula is C36H38FN3O3. The van der Waals surface area contributed by atoms with Gasteiger partial charge in [-0.1, -0.05) is 54.6 Å². The van der Waals surface area contributed by atoms with Gasteiger partial charge in [-0.3, -0.25) is 9.59 Å². The summed E-state index contributed by atoms with van der Waals surface area (Å²) < 4.78 is 19.1. The molecule has 1 N–H and O–H groups in total. The minimum Gasteiger partial charge on any atom is -0.497 e. The van der Waals surface area contributed by atoms with Crippen molar-refractivity contribution >= 4 is 17.5 Å². The van der Waals surface area contributed by atoms with Crippen LogP contribution in [0.15, 0.2) is 97.1 Å². The minimum absolute atomic E-state index is 0.136. The molecule has 0 aromatic heterocycles. The highest BCUT2D eigenvalue weighted by molar-refractivity contribution is 6.01. The van der Waals surface area contributed by atoms with Crippen molar-refractivity contribution in [3.8, 4) is 5.75 Å². The van der Waals surface area contributed by atoms with E-state index in [1.807, 2.05) is 42.5 Å². The Hall–Kier alpha value is -4.65. The third-order valence-electron chi connectivity index (χ3n) is 8.10. The molecule has 4 aromatic rings. The smallest absolute Gasteiger partial charge is 0.255 e. The Labute approximate surface area is 253 Å². The maximum absolute atomic E-state index is 14.1. The van der Waals surface area contributed by atoms with Crippen LogP contribution in [0.2, 0.25) is 0 Å². The second-order valence-electron chi connectivity index (χ2n) is 10.9. The number of carbonyl (C=O) groups is 2. The predicted octanol–water partition coefficient (Wildman–Crippen LogP) is 6.66. The lowest BCUT2D eigenvalue weighted by atomic mass is 9.79. The quantitative estimate of drug-likeness (QED) is 0.202. The largest absolute Gasteiger partial charge is 0.497 e. The third-order valence-corrected chi connectivity index (χ3v) is 8.10. The predicted molar refractivity (Wildman–Crippen MR) is 168 cm³/mol. The lowest BCUT2D eigenvalue weighted by Gasteiger charge is -2.42. The van der Waals surface area contributed by atoms with Gasteiger partial charge in [-0.2, -0.15) is 0 Å². The van der Waals surface area contributed by atoms with Gasteiger partial charge in [0.25, 0.3) is 5.91 Å². The molecule has 1 aliphatic heterocycles. The Balaban J connectivity index is 1.43. The maximum Gasteiger partial charge on any atom is 0.255 e. The zero-order valence-electron chi connectivity index (χ0n) is 24.9. The number of amides is 2. The van der Waals surface area contributed by atoms with Crippen molar-refractivity contribution in [2.75, 3.05) is 31.6 Å². The van der Waals surface area contributed by atoms with Crippen LogP contribution in [0, 0.1) is 12.7 Å². The van der Waals surface area contributed by atoms with E-state index in [2.05, 4.69) is 48.3 Å². The molecule has 0 saturated carbocycles. The summed E-state index contributed by atoms with van der Waals surface area (Å²) in [6.45, 7) is 6.62. The van der Waals surface area contributed by atoms with Gasteiger partial charge in [-0.05, 0) is 85.0 Å². The van der Waals surface area contributed by atoms with Crippen molar-refractivity contribution in [3.05, 3.63) is 131 Å². The topological polar surface area (TPSA) is 61.9 Å². The molecule has 43 heavy (non-hydrogen) atoms. The first-order valence-electron chi connectivity index (χ1n) is 14.8. The van der Waals surface area contributed by atoms with Crippen LogP contribution in [-0.2, 0) is 11.3 Å². The molecule has 6 nitrogen and oxygen atoms in total. The number of hydrogen-bond acceptors (Lipinski definition) is 4. The van der Waals surface area contributed by atoms with Crippen LogP contribution in [0.4, 0.5) is 10.1 Å². The number of nitrogens with zero attached hydrogens (tertiary/aromatic N) is 2. The maximum atomic E-state index is 14.1. The molecular weight excluding hydrogens is 541 g/mol. The van der Waals surface area contributed by atoms with Gasteiger partial charge in [0, 0.05) is 37.4 Å². The number of carbonyl (C=O) groups excluding carboxylic acids is 2. The SMILES string of the molecule is CCN(CCCNC(=O)C1c2ccccc2C(=O)N(Cc2ccc(F)cc2)C1c1ccc(OC)cc1)c1cccc(C)c1. The molecule has 4 aromatic carbocycles. The summed E-state index contributed by atoms with van der Waals surface area (Å²) in [5, 5.41) is 3.19. The summed E-state index contributed by atoms with van der Waals surface area (Å²) in [6, 6.07) is 28.8. The molecule has 2 amide bonds. The van der Waals surface area contributed by atoms with Crippen LogP contribution in [-0.4, -0.2) is 43.5 Å². The molecule has 222 valence electrons. The van der Waals surface area contributed by atoms with Crippen LogP contribution in [0.5, 0.6) is 5.75 Å². The number of aryl methyl sites for hydroxylation is 1. The van der Waals surface area contributed by atoms with Crippen LogP contribution in [0.1, 0.15) is 57.9 Å². The Morgan fingerprint density at radius 3 is 2.42 bits per heavy atom. The number of nitrogens with one attached hydrogen (secondary N) is 1. The van der Waals surface area contributed by atoms with Crippen LogP contribution < -0.4 is 15.0 Å². The lowest BCUT2D eigenvalue weighted by molar-refractivity contribution is -0.124. The summed E-state index contributed by atoms with van der Waals surface area (Å²) >= 11 is 0. The first kappa shape index (κ1) is 29.8. The number of fused-ring (bicyclic) bond motifs is 1. The highest BCUT2D eigenvalue weighted by atomic mass is 19.1. The fraction of sp³-hybridized carbons (Fsp3) is 0.278. The van der Waals surface area contributed by atoms with E-state index in [1.165, 1.54) is 23.4 Å². The fourth-order valence-electron chi connectivity index (χ4n) is 5.89. The van der Waals surface area contributed by atoms with Crippen molar-refractivity contribution in [2.24, 2.45) is 0 Å². The molecule has 0 aliphatic carbocycles. The highest BCUT2D eigenvalue weighted by Gasteiger charge is 2.44. The van der Waals surface area contributed by atoms with Gasteiger partial charge < -0.3 is 19.9 Å². The van der Waals surface area contributed by atoms with E-state index in [4.69, 9.17) is 4.74 Å². The van der Waals surface area contributed by atoms with E-state index in [0.29, 0.717) is 23.4 Å². The van der Waals surface area contributed by atoms with Crippen LogP contribution in [0.25, 0.3) is 0 Å². The van der Waals surface area contributed by atoms with Crippen molar-refractivity contribution in [1.29, 1.82) is 0 Å². The second kappa shape index (κ2) is 13.6. The number of methoxy groups -OCH3 is 1. The summed E-state index contributed by atoms with van der Waals surface area (Å²) in [4.78, 5) is 32.1. The molecule has 0 radical (unpaired) electrons. The normalized spacial score (nSPS) is 16.0. The van der Waals surface area contributed by atoms with E-state index in [9.17, 15) is 14.0 Å². The van der Waals surface area contributed by atoms with E-state index in [-0.39, 0.29) is 24.2 Å². The number of rotatable bonds is 11. The van der Waals surface area contributed by atoms with E-state index in [1.54, 1.807) is 30.2 Å². The Kier molecular flexibility index (Phi) is 9.40. The molecule has 7 heteroatoms. The fourth-order valence-corrected chi connectivity index (χ4v) is 5.89. The van der Waals surface area contributed by atoms with Crippen molar-refractivity contribution in [1.82, 2.24) is 10.2 Å². The van der Waals surface area contributed by atoms with Crippen molar-refractivity contribution in [3.63, 3.8) is 0 Å². The van der Waals surface area contributed by atoms with Crippen molar-refractivity contribution < 1.29 is 18.7 Å². The van der Waals surface area contributed by atoms with Crippen molar-refractivity contribution in [2.45, 2.75) is 38.8 Å². The van der Waals surface area contributed by atoms with Gasteiger partial charge in [0.1, 0.15) is 11.6 Å². The standard InChI is InChI=1S/C36H38FN3O3/c1-4-39(29-10-7-9-25(2)23-29)22-8-21-38-35(41)33-31-11-5-6-12-32(31)36(42)40(24-26-13-17-28(37)18-14-26)34(33)27-15-19-30(43-3)20-16-27/h5-7,9-20,23,33-34H,4,8,21-22,24H2,1-3H3,(H,38,41). The van der Waals surface area contributed by atoms with Gasteiger partial charge in [0.2, 0.25) is 5.91 Å². The molecule has 0 bridgehead atoms. The average Bonchev–Trinajstić information content (AvgIpc) is 3.03. The minimum atomic E-state index is -0.637. The molecule has 1 aliphatic rings. The number of anilines is 1. The second-order valence-corrected chi connectivity index (χ2v) is 10.9. The highest BCUT2D eigenvalue weighted by Crippen LogP contribution is 2.44. The first-order chi connectivity index (χ1) is 20.9. The molecule has 2 unspecified atom stereocenters. The molecule has 2 atom stereocenters. The van der Waals surface area contributed by atoms with E-state index in [0.717, 1.165) is 30.6 Å². The monoisotopic (exact) mass is 579 g/mol. The van der Waals surface area contributed by atoms with Gasteiger partial charge >= 0.3 is 0 Å². The molecule has 0 spiro atoms. The summed E-state index contributed by atoms with van der Waals surface area (Å²) in [5.74, 6) is -0.592. The number of benzene rings is 4. The van der Waals surface area contributed by atoms with Gasteiger partial charge in [-0.15, -0.1) is 0 Å². The number of hydrogen-bond donors (Lipinski definition) is 1. The molecule has 1 heterocycles. The van der Waals surface area contributed by atoms with E-state index < -0.39 is 12.0 Å². The van der Waals surface area contributed by atoms with E-state index >= 15 is 0 Å². The average molecular weight is 580 g/mol. The van der Waals surface area contributed by atoms with Gasteiger partial charge in [-0.25, -0.2) is 4.39 Å². The number of halogens is 1. The molecule has 0 fully saturated rings. The zero-order chi connectivity index (χ0) is 30.3. The summed E-state index contributed by atoms with van der Waals surface area (Å²) in [7, 11) is 1.60. The lowest BCUT2D eigenvalue weighted by Crippen LogP contribution is -2.47. The summed E-state index contributed by atoms with van der Waals surface area (Å²) in [5.41, 5.74) is 5.20. The zero-order valence-corrected chi connectivity index (χ0v) is 24.9. The summed E-state index contributed by atoms with van der Waals surface area (Å²) in [6.07, 6.45) is 0.771. The molecule has 0 saturated heterocycles. The first-order valence-corrected chi connectivity index (χ1v) is 14.8. The Morgan fingerprint density at radius 2 is 1.72 bits per heavy atom.